The number of ketones is 3. The van der Waals surface area contributed by atoms with E-state index in [0.717, 1.165) is 25.7 Å². The molecule has 1 N–H and O–H groups in total. The number of methoxy groups -OCH3 is 1. The molecular weight excluding hydrogens is 561 g/mol. The van der Waals surface area contributed by atoms with Crippen LogP contribution in [0.3, 0.4) is 0 Å². The lowest BCUT2D eigenvalue weighted by Crippen LogP contribution is -2.31. The topological polar surface area (TPSA) is 102 Å². The minimum Gasteiger partial charge on any atom is -0.496 e. The van der Waals surface area contributed by atoms with Gasteiger partial charge in [0.05, 0.1) is 24.8 Å². The fourth-order valence-electron chi connectivity index (χ4n) is 5.93. The molecule has 7 nitrogen and oxygen atoms in total. The lowest BCUT2D eigenvalue weighted by Gasteiger charge is -2.26. The molecule has 4 atom stereocenters. The van der Waals surface area contributed by atoms with Crippen LogP contribution in [0.15, 0.2) is 35.0 Å². The van der Waals surface area contributed by atoms with Crippen molar-refractivity contribution in [3.05, 3.63) is 41.2 Å². The summed E-state index contributed by atoms with van der Waals surface area (Å²) in [6, 6.07) is 3.99. The smallest absolute Gasteiger partial charge is 0.174 e. The zero-order chi connectivity index (χ0) is 33.0. The third kappa shape index (κ3) is 11.9. The molecule has 0 fully saturated rings. The van der Waals surface area contributed by atoms with Gasteiger partial charge < -0.3 is 14.7 Å². The van der Waals surface area contributed by atoms with Crippen molar-refractivity contribution in [1.29, 1.82) is 0 Å². The van der Waals surface area contributed by atoms with Gasteiger partial charge in [0.1, 0.15) is 29.2 Å². The predicted molar refractivity (Wildman–Crippen MR) is 172 cm³/mol. The van der Waals surface area contributed by atoms with Crippen LogP contribution in [0.2, 0.25) is 0 Å². The Balaban J connectivity index is 2.32. The number of rotatable bonds is 17. The van der Waals surface area contributed by atoms with E-state index in [2.05, 4.69) is 19.0 Å². The van der Waals surface area contributed by atoms with Crippen molar-refractivity contribution in [3.8, 4) is 5.75 Å². The van der Waals surface area contributed by atoms with Crippen LogP contribution in [0.25, 0.3) is 0 Å². The predicted octanol–water partition coefficient (Wildman–Crippen LogP) is 7.99. The number of oxime groups is 1. The van der Waals surface area contributed by atoms with E-state index >= 15 is 0 Å². The normalized spacial score (nSPS) is 20.8. The molecule has 44 heavy (non-hydrogen) atoms. The molecule has 3 unspecified atom stereocenters. The number of benzene rings is 1. The van der Waals surface area contributed by atoms with Gasteiger partial charge in [-0.15, -0.1) is 0 Å². The highest BCUT2D eigenvalue weighted by Crippen LogP contribution is 2.35. The zero-order valence-electron chi connectivity index (χ0n) is 28.0. The van der Waals surface area contributed by atoms with Gasteiger partial charge in [0.25, 0.3) is 0 Å². The summed E-state index contributed by atoms with van der Waals surface area (Å²) in [7, 11) is 1.46. The van der Waals surface area contributed by atoms with E-state index in [0.29, 0.717) is 53.7 Å². The highest BCUT2D eigenvalue weighted by Gasteiger charge is 2.34. The second-order valence-corrected chi connectivity index (χ2v) is 13.3. The number of carbonyl (C=O) groups excluding carboxylic acids is 3. The van der Waals surface area contributed by atoms with Crippen molar-refractivity contribution in [2.45, 2.75) is 118 Å². The van der Waals surface area contributed by atoms with Gasteiger partial charge in [-0.25, -0.2) is 4.39 Å². The summed E-state index contributed by atoms with van der Waals surface area (Å²) in [5, 5.41) is 15.3. The minimum atomic E-state index is -1.06. The molecule has 1 aliphatic rings. The maximum Gasteiger partial charge on any atom is 0.174 e. The SMILES string of the molecule is COc1ccc(F)cc1C(O)CC1/C=C(/C(C)=N/OC(C)C)C(=O)C(CC[C@@H](CCCC(=O)C(C)C)CC(C)C)C(=O)CC1. The highest BCUT2D eigenvalue weighted by molar-refractivity contribution is 6.26. The van der Waals surface area contributed by atoms with E-state index < -0.39 is 17.8 Å². The number of nitrogens with zero attached hydrogens (tertiary/aromatic N) is 1. The van der Waals surface area contributed by atoms with E-state index in [1.54, 1.807) is 6.92 Å². The Morgan fingerprint density at radius 1 is 1.11 bits per heavy atom. The van der Waals surface area contributed by atoms with Crippen LogP contribution < -0.4 is 4.74 Å². The molecule has 0 amide bonds. The maximum atomic E-state index is 14.1. The van der Waals surface area contributed by atoms with Crippen molar-refractivity contribution in [1.82, 2.24) is 0 Å². The summed E-state index contributed by atoms with van der Waals surface area (Å²) in [6.07, 6.45) is 5.77. The fourth-order valence-corrected chi connectivity index (χ4v) is 5.93. The number of halogens is 1. The fraction of sp³-hybridized carbons (Fsp3) is 0.667. The molecular formula is C36H54FNO6. The largest absolute Gasteiger partial charge is 0.496 e. The van der Waals surface area contributed by atoms with Crippen LogP contribution in [0.4, 0.5) is 4.39 Å². The molecule has 0 spiro atoms. The number of hydrogen-bond donors (Lipinski definition) is 1. The average molecular weight is 616 g/mol. The van der Waals surface area contributed by atoms with E-state index in [-0.39, 0.29) is 48.1 Å². The summed E-state index contributed by atoms with van der Waals surface area (Å²) < 4.78 is 19.4. The van der Waals surface area contributed by atoms with Gasteiger partial charge in [0.2, 0.25) is 0 Å². The molecule has 1 aliphatic carbocycles. The Kier molecular flexibility index (Phi) is 15.4. The van der Waals surface area contributed by atoms with Gasteiger partial charge >= 0.3 is 0 Å². The van der Waals surface area contributed by atoms with Crippen molar-refractivity contribution in [2.75, 3.05) is 7.11 Å². The van der Waals surface area contributed by atoms with Crippen LogP contribution in [0.1, 0.15) is 118 Å². The van der Waals surface area contributed by atoms with Gasteiger partial charge in [0, 0.05) is 29.9 Å². The first-order valence-corrected chi connectivity index (χ1v) is 16.3. The standard InChI is InChI=1S/C36H54FNO6/c1-22(2)18-26(10-9-11-32(39)23(3)4)12-15-29-33(40)16-13-27(19-30(36(29)42)25(7)38-44-24(5)6)20-34(41)31-21-28(37)14-17-35(31)43-8/h14,17,19,21-24,26-27,29,34,41H,9-13,15-16,18,20H2,1-8H3/b30-19-,38-25+/t26-,27?,29?,34?/m1/s1. The van der Waals surface area contributed by atoms with Crippen LogP contribution in [0, 0.1) is 35.4 Å². The van der Waals surface area contributed by atoms with Crippen LogP contribution in [-0.4, -0.2) is 41.4 Å². The zero-order valence-corrected chi connectivity index (χ0v) is 28.0. The van der Waals surface area contributed by atoms with Gasteiger partial charge in [-0.3, -0.25) is 14.4 Å². The molecule has 8 heteroatoms. The number of Topliss-reactive ketones (excluding diaryl/α,β-unsaturated/α-hetero) is 3. The number of allylic oxidation sites excluding steroid dienone is 2. The molecule has 0 saturated carbocycles. The van der Waals surface area contributed by atoms with Crippen LogP contribution in [0.5, 0.6) is 5.75 Å². The Morgan fingerprint density at radius 2 is 1.82 bits per heavy atom. The van der Waals surface area contributed by atoms with Crippen molar-refractivity contribution in [3.63, 3.8) is 0 Å². The number of ether oxygens (including phenoxy) is 1. The second kappa shape index (κ2) is 18.2. The third-order valence-electron chi connectivity index (χ3n) is 8.35. The molecule has 246 valence electrons. The first-order chi connectivity index (χ1) is 20.7. The van der Waals surface area contributed by atoms with Gasteiger partial charge in [0.15, 0.2) is 5.78 Å². The summed E-state index contributed by atoms with van der Waals surface area (Å²) in [6.45, 7) is 13.6. The first-order valence-electron chi connectivity index (χ1n) is 16.3. The highest BCUT2D eigenvalue weighted by atomic mass is 19.1. The maximum absolute atomic E-state index is 14.1. The summed E-state index contributed by atoms with van der Waals surface area (Å²) in [4.78, 5) is 45.3. The molecule has 0 saturated heterocycles. The van der Waals surface area contributed by atoms with Crippen LogP contribution in [-0.2, 0) is 19.2 Å². The van der Waals surface area contributed by atoms with Crippen molar-refractivity contribution < 1.29 is 33.5 Å². The summed E-state index contributed by atoms with van der Waals surface area (Å²) in [5.41, 5.74) is 1.03. The molecule has 0 heterocycles. The number of hydrogen-bond acceptors (Lipinski definition) is 7. The van der Waals surface area contributed by atoms with Gasteiger partial charge in [-0.2, -0.15) is 0 Å². The molecule has 0 aliphatic heterocycles. The van der Waals surface area contributed by atoms with E-state index in [1.807, 2.05) is 33.8 Å². The Morgan fingerprint density at radius 3 is 2.43 bits per heavy atom. The molecule has 0 radical (unpaired) electrons. The number of aliphatic hydroxyl groups is 1. The van der Waals surface area contributed by atoms with E-state index in [4.69, 9.17) is 9.57 Å². The van der Waals surface area contributed by atoms with Gasteiger partial charge in [-0.05, 0) is 95.2 Å². The Bertz CT molecular complexity index is 1170. The third-order valence-corrected chi connectivity index (χ3v) is 8.35. The van der Waals surface area contributed by atoms with E-state index in [9.17, 15) is 23.9 Å². The average Bonchev–Trinajstić information content (AvgIpc) is 2.95. The number of carbonyl (C=O) groups is 3. The molecule has 1 aromatic carbocycles. The minimum absolute atomic E-state index is 0.0272. The second-order valence-electron chi connectivity index (χ2n) is 13.3. The molecule has 1 aromatic rings. The lowest BCUT2D eigenvalue weighted by molar-refractivity contribution is -0.131. The monoisotopic (exact) mass is 615 g/mol. The summed E-state index contributed by atoms with van der Waals surface area (Å²) >= 11 is 0. The van der Waals surface area contributed by atoms with Crippen molar-refractivity contribution >= 4 is 23.1 Å². The Hall–Kier alpha value is -2.87. The Labute approximate surface area is 263 Å². The van der Waals surface area contributed by atoms with Gasteiger partial charge in [-0.1, -0.05) is 45.3 Å². The molecule has 2 rings (SSSR count). The first kappa shape index (κ1) is 37.3. The van der Waals surface area contributed by atoms with E-state index in [1.165, 1.54) is 25.3 Å². The molecule has 0 aromatic heterocycles. The lowest BCUT2D eigenvalue weighted by atomic mass is 9.77. The van der Waals surface area contributed by atoms with Crippen LogP contribution >= 0.6 is 0 Å². The number of aliphatic hydroxyl groups excluding tert-OH is 1. The quantitative estimate of drug-likeness (QED) is 0.108. The summed E-state index contributed by atoms with van der Waals surface area (Å²) in [5.74, 6) is -0.551. The molecule has 0 bridgehead atoms. The van der Waals surface area contributed by atoms with Crippen molar-refractivity contribution in [2.24, 2.45) is 34.7 Å².